The minimum absolute atomic E-state index is 0.118. The summed E-state index contributed by atoms with van der Waals surface area (Å²) in [5, 5.41) is 0. The van der Waals surface area contributed by atoms with E-state index in [-0.39, 0.29) is 11.7 Å². The monoisotopic (exact) mass is 346 g/mol. The van der Waals surface area contributed by atoms with E-state index in [1.54, 1.807) is 0 Å². The second-order valence-electron chi connectivity index (χ2n) is 5.27. The molecule has 1 atom stereocenters. The van der Waals surface area contributed by atoms with Gasteiger partial charge in [-0.05, 0) is 61.6 Å². The summed E-state index contributed by atoms with van der Waals surface area (Å²) in [6.45, 7) is 8.13. The third kappa shape index (κ3) is 3.04. The highest BCUT2D eigenvalue weighted by molar-refractivity contribution is 14.1. The molecule has 0 radical (unpaired) electrons. The zero-order valence-corrected chi connectivity index (χ0v) is 12.7. The molecule has 1 unspecified atom stereocenters. The zero-order valence-electron chi connectivity index (χ0n) is 10.5. The molecule has 1 heterocycles. The Morgan fingerprint density at radius 3 is 2.76 bits per heavy atom. The minimum atomic E-state index is -0.118. The third-order valence-electron chi connectivity index (χ3n) is 2.90. The van der Waals surface area contributed by atoms with Crippen LogP contribution in [-0.2, 0) is 4.74 Å². The van der Waals surface area contributed by atoms with Crippen LogP contribution in [0.25, 0.3) is 0 Å². The maximum atomic E-state index is 6.10. The third-order valence-corrected chi connectivity index (χ3v) is 3.57. The maximum absolute atomic E-state index is 6.10. The van der Waals surface area contributed by atoms with Gasteiger partial charge in [-0.3, -0.25) is 0 Å². The highest BCUT2D eigenvalue weighted by Crippen LogP contribution is 2.30. The number of rotatable bonds is 1. The molecule has 2 N–H and O–H groups in total. The van der Waals surface area contributed by atoms with Gasteiger partial charge in [-0.2, -0.15) is 0 Å². The normalized spacial score (nSPS) is 23.8. The Bertz CT molecular complexity index is 420. The minimum Gasteiger partial charge on any atom is -0.397 e. The van der Waals surface area contributed by atoms with Crippen molar-refractivity contribution in [2.24, 2.45) is 0 Å². The molecule has 0 bridgehead atoms. The molecule has 17 heavy (non-hydrogen) atoms. The Morgan fingerprint density at radius 1 is 1.47 bits per heavy atom. The van der Waals surface area contributed by atoms with E-state index >= 15 is 0 Å². The second-order valence-corrected chi connectivity index (χ2v) is 6.52. The summed E-state index contributed by atoms with van der Waals surface area (Å²) in [6, 6.07) is 6.22. The van der Waals surface area contributed by atoms with E-state index in [1.807, 2.05) is 6.07 Å². The molecule has 1 saturated heterocycles. The van der Waals surface area contributed by atoms with Gasteiger partial charge in [0.25, 0.3) is 0 Å². The molecule has 1 fully saturated rings. The van der Waals surface area contributed by atoms with Crippen LogP contribution >= 0.6 is 22.6 Å². The van der Waals surface area contributed by atoms with Crippen molar-refractivity contribution < 1.29 is 4.74 Å². The molecule has 2 rings (SSSR count). The number of benzene rings is 1. The van der Waals surface area contributed by atoms with Gasteiger partial charge >= 0.3 is 0 Å². The average Bonchev–Trinajstić information content (AvgIpc) is 2.13. The maximum Gasteiger partial charge on any atom is 0.0805 e. The van der Waals surface area contributed by atoms with Crippen molar-refractivity contribution in [3.8, 4) is 0 Å². The second kappa shape index (κ2) is 4.65. The quantitative estimate of drug-likeness (QED) is 0.628. The van der Waals surface area contributed by atoms with Crippen LogP contribution in [0, 0.1) is 3.57 Å². The number of morpholine rings is 1. The van der Waals surface area contributed by atoms with Crippen molar-refractivity contribution in [3.05, 3.63) is 21.8 Å². The predicted molar refractivity (Wildman–Crippen MR) is 80.4 cm³/mol. The smallest absolute Gasteiger partial charge is 0.0805 e. The first kappa shape index (κ1) is 13.0. The van der Waals surface area contributed by atoms with Gasteiger partial charge in [0.1, 0.15) is 0 Å². The average molecular weight is 346 g/mol. The number of hydrogen-bond donors (Lipinski definition) is 1. The topological polar surface area (TPSA) is 38.5 Å². The van der Waals surface area contributed by atoms with E-state index in [1.165, 1.54) is 3.57 Å². The molecule has 0 aliphatic carbocycles. The fourth-order valence-electron chi connectivity index (χ4n) is 2.45. The Morgan fingerprint density at radius 2 is 2.18 bits per heavy atom. The van der Waals surface area contributed by atoms with Gasteiger partial charge in [-0.1, -0.05) is 0 Å². The lowest BCUT2D eigenvalue weighted by Crippen LogP contribution is -2.52. The number of anilines is 2. The summed E-state index contributed by atoms with van der Waals surface area (Å²) in [5.74, 6) is 0. The first-order valence-corrected chi connectivity index (χ1v) is 6.93. The van der Waals surface area contributed by atoms with Crippen molar-refractivity contribution in [2.45, 2.75) is 32.5 Å². The first-order valence-electron chi connectivity index (χ1n) is 5.85. The highest BCUT2D eigenvalue weighted by atomic mass is 127. The van der Waals surface area contributed by atoms with E-state index < -0.39 is 0 Å². The Balaban J connectivity index is 2.27. The lowest BCUT2D eigenvalue weighted by molar-refractivity contribution is -0.0749. The number of halogens is 1. The number of nitrogens with two attached hydrogens (primary N) is 1. The molecule has 4 heteroatoms. The van der Waals surface area contributed by atoms with Crippen LogP contribution in [-0.4, -0.2) is 24.8 Å². The summed E-state index contributed by atoms with van der Waals surface area (Å²) in [6.07, 6.45) is 0.234. The number of ether oxygens (including phenoxy) is 1. The van der Waals surface area contributed by atoms with E-state index in [4.69, 9.17) is 10.5 Å². The molecule has 1 aliphatic heterocycles. The van der Waals surface area contributed by atoms with Crippen LogP contribution in [0.1, 0.15) is 20.8 Å². The molecule has 0 spiro atoms. The van der Waals surface area contributed by atoms with Gasteiger partial charge in [-0.15, -0.1) is 0 Å². The van der Waals surface area contributed by atoms with Crippen LogP contribution in [0.5, 0.6) is 0 Å². The fraction of sp³-hybridized carbons (Fsp3) is 0.538. The number of nitrogen functional groups attached to an aromatic ring is 1. The molecule has 94 valence electrons. The van der Waals surface area contributed by atoms with Gasteiger partial charge in [0.2, 0.25) is 0 Å². The summed E-state index contributed by atoms with van der Waals surface area (Å²) in [5.41, 5.74) is 7.95. The van der Waals surface area contributed by atoms with Crippen molar-refractivity contribution in [1.82, 2.24) is 0 Å². The summed E-state index contributed by atoms with van der Waals surface area (Å²) in [7, 11) is 0. The summed E-state index contributed by atoms with van der Waals surface area (Å²) in [4.78, 5) is 2.32. The molecular formula is C13H19IN2O. The molecule has 0 amide bonds. The van der Waals surface area contributed by atoms with Crippen LogP contribution in [0.15, 0.2) is 18.2 Å². The zero-order chi connectivity index (χ0) is 12.6. The standard InChI is InChI=1S/C13H19IN2O/c1-9-7-16(8-13(2,3)17-9)12-5-4-10(14)6-11(12)15/h4-6,9H,7-8,15H2,1-3H3. The van der Waals surface area contributed by atoms with E-state index in [0.717, 1.165) is 24.5 Å². The molecule has 0 aromatic heterocycles. The molecule has 3 nitrogen and oxygen atoms in total. The van der Waals surface area contributed by atoms with Crippen LogP contribution in [0.2, 0.25) is 0 Å². The largest absolute Gasteiger partial charge is 0.397 e. The van der Waals surface area contributed by atoms with Gasteiger partial charge in [-0.25, -0.2) is 0 Å². The summed E-state index contributed by atoms with van der Waals surface area (Å²) < 4.78 is 7.08. The van der Waals surface area contributed by atoms with Gasteiger partial charge in [0, 0.05) is 16.7 Å². The van der Waals surface area contributed by atoms with Crippen LogP contribution in [0.4, 0.5) is 11.4 Å². The van der Waals surface area contributed by atoms with Gasteiger partial charge in [0.15, 0.2) is 0 Å². The number of hydrogen-bond acceptors (Lipinski definition) is 3. The SMILES string of the molecule is CC1CN(c2ccc(I)cc2N)CC(C)(C)O1. The van der Waals surface area contributed by atoms with Crippen LogP contribution in [0.3, 0.4) is 0 Å². The van der Waals surface area contributed by atoms with Crippen molar-refractivity contribution >= 4 is 34.0 Å². The van der Waals surface area contributed by atoms with E-state index in [0.29, 0.717) is 0 Å². The van der Waals surface area contributed by atoms with Crippen molar-refractivity contribution in [3.63, 3.8) is 0 Å². The van der Waals surface area contributed by atoms with Gasteiger partial charge < -0.3 is 15.4 Å². The van der Waals surface area contributed by atoms with Crippen LogP contribution < -0.4 is 10.6 Å². The fourth-order valence-corrected chi connectivity index (χ4v) is 2.97. The molecule has 0 saturated carbocycles. The molecule has 1 aliphatic rings. The summed E-state index contributed by atoms with van der Waals surface area (Å²) >= 11 is 2.28. The molecule has 1 aromatic rings. The predicted octanol–water partition coefficient (Wildman–Crippen LogP) is 2.88. The lowest BCUT2D eigenvalue weighted by atomic mass is 10.0. The Hall–Kier alpha value is -0.490. The Kier molecular flexibility index (Phi) is 3.54. The van der Waals surface area contributed by atoms with Crippen molar-refractivity contribution in [1.29, 1.82) is 0 Å². The van der Waals surface area contributed by atoms with E-state index in [9.17, 15) is 0 Å². The lowest BCUT2D eigenvalue weighted by Gasteiger charge is -2.43. The molecular weight excluding hydrogens is 327 g/mol. The molecule has 1 aromatic carbocycles. The van der Waals surface area contributed by atoms with E-state index in [2.05, 4.69) is 60.4 Å². The highest BCUT2D eigenvalue weighted by Gasteiger charge is 2.31. The van der Waals surface area contributed by atoms with Gasteiger partial charge in [0.05, 0.1) is 23.1 Å². The number of nitrogens with zero attached hydrogens (tertiary/aromatic N) is 1. The Labute approximate surface area is 116 Å². The first-order chi connectivity index (χ1) is 7.87. The van der Waals surface area contributed by atoms with Crippen molar-refractivity contribution in [2.75, 3.05) is 23.7 Å².